The summed E-state index contributed by atoms with van der Waals surface area (Å²) in [4.78, 5) is 30.7. The van der Waals surface area contributed by atoms with Gasteiger partial charge in [0.1, 0.15) is 12.3 Å². The molecule has 1 N–H and O–H groups in total. The predicted octanol–water partition coefficient (Wildman–Crippen LogP) is 2.77. The van der Waals surface area contributed by atoms with Gasteiger partial charge in [0.15, 0.2) is 11.2 Å². The molecule has 1 aromatic heterocycles. The van der Waals surface area contributed by atoms with Gasteiger partial charge in [0.25, 0.3) is 5.91 Å². The summed E-state index contributed by atoms with van der Waals surface area (Å²) in [5.41, 5.74) is 1.67. The van der Waals surface area contributed by atoms with Crippen molar-refractivity contribution in [2.24, 2.45) is 0 Å². The summed E-state index contributed by atoms with van der Waals surface area (Å²) in [6.07, 6.45) is 1.75. The van der Waals surface area contributed by atoms with Gasteiger partial charge in [-0.2, -0.15) is 0 Å². The van der Waals surface area contributed by atoms with Crippen LogP contribution in [-0.2, 0) is 9.59 Å². The Morgan fingerprint density at radius 1 is 1.42 bits per heavy atom. The third kappa shape index (κ3) is 2.87. The molecule has 2 heterocycles. The molecule has 0 spiro atoms. The second-order valence-electron chi connectivity index (χ2n) is 6.05. The fraction of sp³-hybridized carbons (Fsp3) is 0.353. The Hall–Kier alpha value is -2.41. The quantitative estimate of drug-likeness (QED) is 0.926. The zero-order chi connectivity index (χ0) is 16.7. The number of hydrogen-bond donors (Lipinski definition) is 1. The molecule has 1 aliphatic carbocycles. The highest BCUT2D eigenvalue weighted by atomic mass is 32.1. The highest BCUT2D eigenvalue weighted by Crippen LogP contribution is 2.41. The number of nitrogens with zero attached hydrogens (tertiary/aromatic N) is 2. The smallest absolute Gasteiger partial charge is 0.268 e. The lowest BCUT2D eigenvalue weighted by Gasteiger charge is -2.32. The van der Waals surface area contributed by atoms with Gasteiger partial charge < -0.3 is 10.1 Å². The number of para-hydroxylation sites is 2. The molecule has 1 fully saturated rings. The first kappa shape index (κ1) is 15.1. The molecule has 1 saturated carbocycles. The van der Waals surface area contributed by atoms with Gasteiger partial charge in [-0.25, -0.2) is 4.98 Å². The molecule has 0 radical (unpaired) electrons. The molecule has 2 aliphatic rings. The summed E-state index contributed by atoms with van der Waals surface area (Å²) in [7, 11) is 0. The van der Waals surface area contributed by atoms with Gasteiger partial charge in [-0.15, -0.1) is 11.3 Å². The molecule has 6 nitrogen and oxygen atoms in total. The molecule has 24 heavy (non-hydrogen) atoms. The monoisotopic (exact) mass is 343 g/mol. The molecule has 4 rings (SSSR count). The Bertz CT molecular complexity index is 800. The topological polar surface area (TPSA) is 71.5 Å². The fourth-order valence-corrected chi connectivity index (χ4v) is 3.54. The van der Waals surface area contributed by atoms with Crippen LogP contribution in [0.15, 0.2) is 29.6 Å². The number of aromatic nitrogens is 1. The lowest BCUT2D eigenvalue weighted by Crippen LogP contribution is -2.47. The van der Waals surface area contributed by atoms with Crippen molar-refractivity contribution in [3.63, 3.8) is 0 Å². The summed E-state index contributed by atoms with van der Waals surface area (Å²) in [6, 6.07) is 7.24. The number of carbonyl (C=O) groups excluding carboxylic acids is 2. The summed E-state index contributed by atoms with van der Waals surface area (Å²) >= 11 is 1.42. The van der Waals surface area contributed by atoms with Crippen LogP contribution in [0, 0.1) is 0 Å². The third-order valence-corrected chi connectivity index (χ3v) is 4.92. The molecule has 7 heteroatoms. The minimum atomic E-state index is -0.603. The maximum Gasteiger partial charge on any atom is 0.268 e. The molecule has 2 amide bonds. The number of benzene rings is 1. The Labute approximate surface area is 143 Å². The highest BCUT2D eigenvalue weighted by Gasteiger charge is 2.32. The van der Waals surface area contributed by atoms with Gasteiger partial charge in [-0.1, -0.05) is 12.1 Å². The van der Waals surface area contributed by atoms with Crippen molar-refractivity contribution < 1.29 is 14.3 Å². The Kier molecular flexibility index (Phi) is 3.72. The molecular weight excluding hydrogens is 326 g/mol. The Morgan fingerprint density at radius 3 is 3.00 bits per heavy atom. The van der Waals surface area contributed by atoms with E-state index in [9.17, 15) is 9.59 Å². The predicted molar refractivity (Wildman–Crippen MR) is 91.6 cm³/mol. The average Bonchev–Trinajstić information content (AvgIpc) is 3.32. The van der Waals surface area contributed by atoms with E-state index in [2.05, 4.69) is 10.3 Å². The van der Waals surface area contributed by atoms with Crippen molar-refractivity contribution in [2.75, 3.05) is 16.8 Å². The van der Waals surface area contributed by atoms with Crippen LogP contribution in [0.1, 0.15) is 31.4 Å². The standard InChI is InChI=1S/C17H17N3O3S/c1-10-16(22)20(13-4-2-3-5-14(13)23-10)8-15(21)19-17-18-12(9-24-17)11-6-7-11/h2-5,9-11H,6-8H2,1H3,(H,18,19,21). The third-order valence-electron chi connectivity index (χ3n) is 4.14. The van der Waals surface area contributed by atoms with Crippen LogP contribution in [-0.4, -0.2) is 29.4 Å². The minimum Gasteiger partial charge on any atom is -0.479 e. The Balaban J connectivity index is 1.48. The van der Waals surface area contributed by atoms with E-state index in [1.54, 1.807) is 19.1 Å². The van der Waals surface area contributed by atoms with Crippen LogP contribution in [0.25, 0.3) is 0 Å². The normalized spacial score (nSPS) is 19.6. The molecule has 1 atom stereocenters. The van der Waals surface area contributed by atoms with E-state index in [0.717, 1.165) is 5.69 Å². The van der Waals surface area contributed by atoms with Crippen molar-refractivity contribution in [1.82, 2.24) is 4.98 Å². The Morgan fingerprint density at radius 2 is 2.21 bits per heavy atom. The number of carbonyl (C=O) groups is 2. The second-order valence-corrected chi connectivity index (χ2v) is 6.91. The molecule has 1 aliphatic heterocycles. The maximum absolute atomic E-state index is 12.4. The molecule has 1 aromatic carbocycles. The van der Waals surface area contributed by atoms with E-state index in [-0.39, 0.29) is 18.4 Å². The lowest BCUT2D eigenvalue weighted by molar-refractivity contribution is -0.127. The number of ether oxygens (including phenoxy) is 1. The molecule has 1 unspecified atom stereocenters. The molecule has 2 aromatic rings. The maximum atomic E-state index is 12.4. The van der Waals surface area contributed by atoms with Gasteiger partial charge in [0.05, 0.1) is 11.4 Å². The molecular formula is C17H17N3O3S. The zero-order valence-electron chi connectivity index (χ0n) is 13.2. The van der Waals surface area contributed by atoms with Gasteiger partial charge >= 0.3 is 0 Å². The average molecular weight is 343 g/mol. The van der Waals surface area contributed by atoms with Crippen molar-refractivity contribution in [3.8, 4) is 5.75 Å². The van der Waals surface area contributed by atoms with Gasteiger partial charge in [-0.05, 0) is 31.9 Å². The summed E-state index contributed by atoms with van der Waals surface area (Å²) in [6.45, 7) is 1.63. The van der Waals surface area contributed by atoms with E-state index in [0.29, 0.717) is 22.5 Å². The van der Waals surface area contributed by atoms with Crippen LogP contribution < -0.4 is 15.0 Å². The fourth-order valence-electron chi connectivity index (χ4n) is 2.73. The number of nitrogens with one attached hydrogen (secondary N) is 1. The van der Waals surface area contributed by atoms with E-state index in [4.69, 9.17) is 4.74 Å². The first-order valence-corrected chi connectivity index (χ1v) is 8.82. The van der Waals surface area contributed by atoms with Crippen LogP contribution in [0.2, 0.25) is 0 Å². The first-order chi connectivity index (χ1) is 11.6. The number of rotatable bonds is 4. The number of amides is 2. The van der Waals surface area contributed by atoms with Crippen molar-refractivity contribution in [3.05, 3.63) is 35.3 Å². The molecule has 0 saturated heterocycles. The van der Waals surface area contributed by atoms with E-state index >= 15 is 0 Å². The second kappa shape index (κ2) is 5.90. The first-order valence-electron chi connectivity index (χ1n) is 7.94. The lowest BCUT2D eigenvalue weighted by atomic mass is 10.2. The number of hydrogen-bond acceptors (Lipinski definition) is 5. The van der Waals surface area contributed by atoms with Crippen molar-refractivity contribution in [1.29, 1.82) is 0 Å². The van der Waals surface area contributed by atoms with E-state index < -0.39 is 6.10 Å². The SMILES string of the molecule is CC1Oc2ccccc2N(CC(=O)Nc2nc(C3CC3)cs2)C1=O. The van der Waals surface area contributed by atoms with E-state index in [1.165, 1.54) is 29.1 Å². The largest absolute Gasteiger partial charge is 0.479 e. The van der Waals surface area contributed by atoms with Crippen LogP contribution in [0.3, 0.4) is 0 Å². The highest BCUT2D eigenvalue weighted by molar-refractivity contribution is 7.13. The molecule has 0 bridgehead atoms. The summed E-state index contributed by atoms with van der Waals surface area (Å²) in [5.74, 6) is 0.689. The molecule has 124 valence electrons. The van der Waals surface area contributed by atoms with Crippen molar-refractivity contribution >= 4 is 34.0 Å². The van der Waals surface area contributed by atoms with Crippen LogP contribution in [0.4, 0.5) is 10.8 Å². The van der Waals surface area contributed by atoms with Gasteiger partial charge in [0.2, 0.25) is 5.91 Å². The zero-order valence-corrected chi connectivity index (χ0v) is 14.0. The summed E-state index contributed by atoms with van der Waals surface area (Å²) in [5, 5.41) is 5.37. The minimum absolute atomic E-state index is 0.0537. The van der Waals surface area contributed by atoms with Crippen LogP contribution >= 0.6 is 11.3 Å². The van der Waals surface area contributed by atoms with Crippen LogP contribution in [0.5, 0.6) is 5.75 Å². The van der Waals surface area contributed by atoms with E-state index in [1.807, 2.05) is 17.5 Å². The number of fused-ring (bicyclic) bond motifs is 1. The van der Waals surface area contributed by atoms with Crippen molar-refractivity contribution in [2.45, 2.75) is 31.8 Å². The van der Waals surface area contributed by atoms with Gasteiger partial charge in [0, 0.05) is 11.3 Å². The van der Waals surface area contributed by atoms with Gasteiger partial charge in [-0.3, -0.25) is 14.5 Å². The number of anilines is 2. The number of thiazole rings is 1. The summed E-state index contributed by atoms with van der Waals surface area (Å²) < 4.78 is 5.58.